The molecule has 0 fully saturated rings. The minimum Gasteiger partial charge on any atom is -0.375 e. The van der Waals surface area contributed by atoms with E-state index in [0.29, 0.717) is 0 Å². The van der Waals surface area contributed by atoms with E-state index in [-0.39, 0.29) is 12.5 Å². The number of hydrogen-bond donors (Lipinski definition) is 2. The van der Waals surface area contributed by atoms with E-state index in [9.17, 15) is 4.79 Å². The number of methoxy groups -OCH3 is 1. The van der Waals surface area contributed by atoms with Crippen LogP contribution in [0.3, 0.4) is 0 Å². The zero-order valence-electron chi connectivity index (χ0n) is 14.6. The van der Waals surface area contributed by atoms with Crippen molar-refractivity contribution in [3.63, 3.8) is 0 Å². The molecule has 2 heterocycles. The van der Waals surface area contributed by atoms with Gasteiger partial charge in [0.1, 0.15) is 12.3 Å². The lowest BCUT2D eigenvalue weighted by atomic mass is 9.95. The molecule has 130 valence electrons. The molecule has 2 N–H and O–H groups in total. The SMILES string of the molecule is COCC(=O)N(C)c1ccc2cc(-c3n[nH]c4c3CCCC4)[nH]c2c1. The molecule has 2 aromatic heterocycles. The monoisotopic (exact) mass is 338 g/mol. The number of H-pyrrole nitrogens is 2. The molecule has 1 aliphatic carbocycles. The average molecular weight is 338 g/mol. The van der Waals surface area contributed by atoms with E-state index in [2.05, 4.69) is 21.2 Å². The van der Waals surface area contributed by atoms with Crippen molar-refractivity contribution in [1.29, 1.82) is 0 Å². The summed E-state index contributed by atoms with van der Waals surface area (Å²) in [5, 5.41) is 8.84. The standard InChI is InChI=1S/C19H22N4O2/c1-23(18(24)11-25-2)13-8-7-12-9-17(20-16(12)10-13)19-14-5-3-4-6-15(14)21-22-19/h7-10,20H,3-6,11H2,1-2H3,(H,21,22). The molecule has 0 aliphatic heterocycles. The maximum absolute atomic E-state index is 12.0. The third-order valence-corrected chi connectivity index (χ3v) is 4.95. The summed E-state index contributed by atoms with van der Waals surface area (Å²) in [7, 11) is 3.28. The van der Waals surface area contributed by atoms with Gasteiger partial charge in [0.25, 0.3) is 5.91 Å². The Kier molecular flexibility index (Phi) is 4.05. The number of carbonyl (C=O) groups excluding carboxylic acids is 1. The second-order valence-electron chi connectivity index (χ2n) is 6.58. The largest absolute Gasteiger partial charge is 0.375 e. The smallest absolute Gasteiger partial charge is 0.252 e. The molecule has 6 heteroatoms. The van der Waals surface area contributed by atoms with E-state index in [1.54, 1.807) is 11.9 Å². The highest BCUT2D eigenvalue weighted by molar-refractivity contribution is 5.96. The molecule has 4 rings (SSSR count). The average Bonchev–Trinajstić information content (AvgIpc) is 3.24. The molecule has 1 aliphatic rings. The summed E-state index contributed by atoms with van der Waals surface area (Å²) in [6.07, 6.45) is 4.61. The van der Waals surface area contributed by atoms with Crippen molar-refractivity contribution in [1.82, 2.24) is 15.2 Å². The van der Waals surface area contributed by atoms with Gasteiger partial charge in [-0.25, -0.2) is 0 Å². The van der Waals surface area contributed by atoms with E-state index >= 15 is 0 Å². The Hall–Kier alpha value is -2.60. The van der Waals surface area contributed by atoms with Crippen LogP contribution in [0.5, 0.6) is 0 Å². The van der Waals surface area contributed by atoms with Gasteiger partial charge in [-0.3, -0.25) is 9.89 Å². The summed E-state index contributed by atoms with van der Waals surface area (Å²) in [6.45, 7) is 0.0733. The second kappa shape index (κ2) is 6.37. The topological polar surface area (TPSA) is 74.0 Å². The van der Waals surface area contributed by atoms with Crippen LogP contribution in [0.1, 0.15) is 24.1 Å². The number of ether oxygens (including phenoxy) is 1. The number of anilines is 1. The van der Waals surface area contributed by atoms with Crippen LogP contribution in [-0.4, -0.2) is 41.9 Å². The van der Waals surface area contributed by atoms with Crippen LogP contribution in [0.2, 0.25) is 0 Å². The van der Waals surface area contributed by atoms with Crippen molar-refractivity contribution in [3.05, 3.63) is 35.5 Å². The summed E-state index contributed by atoms with van der Waals surface area (Å²) in [5.41, 5.74) is 6.49. The lowest BCUT2D eigenvalue weighted by Gasteiger charge is -2.16. The first kappa shape index (κ1) is 15.9. The number of benzene rings is 1. The number of aryl methyl sites for hydroxylation is 1. The lowest BCUT2D eigenvalue weighted by molar-refractivity contribution is -0.121. The quantitative estimate of drug-likeness (QED) is 0.768. The number of nitrogens with one attached hydrogen (secondary N) is 2. The molecule has 6 nitrogen and oxygen atoms in total. The number of carbonyl (C=O) groups is 1. The molecular formula is C19H22N4O2. The number of nitrogens with zero attached hydrogens (tertiary/aromatic N) is 2. The number of likely N-dealkylation sites (N-methyl/N-ethyl adjacent to an activating group) is 1. The van der Waals surface area contributed by atoms with E-state index in [4.69, 9.17) is 4.74 Å². The summed E-state index contributed by atoms with van der Waals surface area (Å²) in [5.74, 6) is -0.0741. The first-order chi connectivity index (χ1) is 12.2. The first-order valence-electron chi connectivity index (χ1n) is 8.62. The molecule has 0 spiro atoms. The molecule has 1 aromatic carbocycles. The Labute approximate surface area is 146 Å². The number of amides is 1. The fourth-order valence-electron chi connectivity index (χ4n) is 3.52. The molecule has 0 saturated heterocycles. The molecule has 0 atom stereocenters. The van der Waals surface area contributed by atoms with Gasteiger partial charge in [0.2, 0.25) is 0 Å². The second-order valence-corrected chi connectivity index (χ2v) is 6.58. The Bertz CT molecular complexity index is 925. The third kappa shape index (κ3) is 2.82. The van der Waals surface area contributed by atoms with Crippen LogP contribution in [0.4, 0.5) is 5.69 Å². The number of fused-ring (bicyclic) bond motifs is 2. The normalized spacial score (nSPS) is 13.8. The predicted molar refractivity (Wildman–Crippen MR) is 97.8 cm³/mol. The summed E-state index contributed by atoms with van der Waals surface area (Å²) in [4.78, 5) is 17.1. The molecule has 1 amide bonds. The summed E-state index contributed by atoms with van der Waals surface area (Å²) < 4.78 is 4.93. The van der Waals surface area contributed by atoms with Gasteiger partial charge in [0, 0.05) is 42.0 Å². The summed E-state index contributed by atoms with van der Waals surface area (Å²) in [6, 6.07) is 8.10. The Morgan fingerprint density at radius 2 is 2.12 bits per heavy atom. The Morgan fingerprint density at radius 3 is 2.96 bits per heavy atom. The van der Waals surface area contributed by atoms with Crippen molar-refractivity contribution in [2.45, 2.75) is 25.7 Å². The lowest BCUT2D eigenvalue weighted by Crippen LogP contribution is -2.29. The predicted octanol–water partition coefficient (Wildman–Crippen LogP) is 3.05. The fourth-order valence-corrected chi connectivity index (χ4v) is 3.52. The molecular weight excluding hydrogens is 316 g/mol. The Morgan fingerprint density at radius 1 is 1.28 bits per heavy atom. The van der Waals surface area contributed by atoms with Crippen LogP contribution in [0, 0.1) is 0 Å². The number of hydrogen-bond acceptors (Lipinski definition) is 3. The van der Waals surface area contributed by atoms with E-state index in [0.717, 1.165) is 40.8 Å². The molecule has 3 aromatic rings. The highest BCUT2D eigenvalue weighted by atomic mass is 16.5. The van der Waals surface area contributed by atoms with Crippen molar-refractivity contribution in [2.24, 2.45) is 0 Å². The van der Waals surface area contributed by atoms with Gasteiger partial charge < -0.3 is 14.6 Å². The third-order valence-electron chi connectivity index (χ3n) is 4.95. The van der Waals surface area contributed by atoms with E-state index in [1.165, 1.54) is 31.2 Å². The van der Waals surface area contributed by atoms with Crippen molar-refractivity contribution >= 4 is 22.5 Å². The minimum atomic E-state index is -0.0741. The maximum Gasteiger partial charge on any atom is 0.252 e. The van der Waals surface area contributed by atoms with Crippen LogP contribution < -0.4 is 4.90 Å². The Balaban J connectivity index is 1.69. The highest BCUT2D eigenvalue weighted by Gasteiger charge is 2.19. The van der Waals surface area contributed by atoms with Crippen LogP contribution in [0.15, 0.2) is 24.3 Å². The molecule has 0 radical (unpaired) electrons. The zero-order chi connectivity index (χ0) is 17.4. The van der Waals surface area contributed by atoms with Gasteiger partial charge in [-0.15, -0.1) is 0 Å². The molecule has 0 unspecified atom stereocenters. The van der Waals surface area contributed by atoms with Crippen LogP contribution in [0.25, 0.3) is 22.3 Å². The van der Waals surface area contributed by atoms with Crippen molar-refractivity contribution in [3.8, 4) is 11.4 Å². The maximum atomic E-state index is 12.0. The fraction of sp³-hybridized carbons (Fsp3) is 0.368. The van der Waals surface area contributed by atoms with E-state index in [1.807, 2.05) is 18.2 Å². The van der Waals surface area contributed by atoms with Gasteiger partial charge in [-0.1, -0.05) is 6.07 Å². The minimum absolute atomic E-state index is 0.0733. The van der Waals surface area contributed by atoms with E-state index < -0.39 is 0 Å². The van der Waals surface area contributed by atoms with Gasteiger partial charge in [0.05, 0.1) is 5.69 Å². The molecule has 25 heavy (non-hydrogen) atoms. The van der Waals surface area contributed by atoms with Crippen molar-refractivity contribution in [2.75, 3.05) is 25.7 Å². The van der Waals surface area contributed by atoms with Gasteiger partial charge in [-0.05, 0) is 43.9 Å². The van der Waals surface area contributed by atoms with Gasteiger partial charge in [0.15, 0.2) is 0 Å². The zero-order valence-corrected chi connectivity index (χ0v) is 14.6. The number of aromatic amines is 2. The van der Waals surface area contributed by atoms with Crippen molar-refractivity contribution < 1.29 is 9.53 Å². The first-order valence-corrected chi connectivity index (χ1v) is 8.62. The number of aromatic nitrogens is 3. The van der Waals surface area contributed by atoms with Gasteiger partial charge >= 0.3 is 0 Å². The molecule has 0 bridgehead atoms. The highest BCUT2D eigenvalue weighted by Crippen LogP contribution is 2.32. The van der Waals surface area contributed by atoms with Crippen LogP contribution in [-0.2, 0) is 22.4 Å². The van der Waals surface area contributed by atoms with Gasteiger partial charge in [-0.2, -0.15) is 5.10 Å². The number of rotatable bonds is 4. The summed E-state index contributed by atoms with van der Waals surface area (Å²) >= 11 is 0. The van der Waals surface area contributed by atoms with Crippen LogP contribution >= 0.6 is 0 Å². The molecule has 0 saturated carbocycles.